The number of carbonyl (C=O) groups excluding carboxylic acids is 2. The maximum Gasteiger partial charge on any atom is 0.306 e. The molecule has 0 aromatic rings. The summed E-state index contributed by atoms with van der Waals surface area (Å²) in [4.78, 5) is 26.1. The Bertz CT molecular complexity index is 909. The number of unbranched alkanes of at least 4 members (excludes halogenated alkanes) is 35. The molecule has 0 spiro atoms. The minimum atomic E-state index is -0.785. The van der Waals surface area contributed by atoms with Gasteiger partial charge in [-0.15, -0.1) is 0 Å². The molecule has 0 aliphatic rings. The summed E-state index contributed by atoms with van der Waals surface area (Å²) in [6.45, 7) is 6.47. The van der Waals surface area contributed by atoms with Crippen LogP contribution in [0, 0.1) is 0 Å². The second kappa shape index (κ2) is 48.6. The quantitative estimate of drug-likeness (QED) is 0.0322. The van der Waals surface area contributed by atoms with Gasteiger partial charge in [-0.3, -0.25) is 9.59 Å². The Balaban J connectivity index is 4.38. The number of rotatable bonds is 49. The predicted octanol–water partition coefficient (Wildman–Crippen LogP) is 16.1. The molecule has 0 aromatic heterocycles. The van der Waals surface area contributed by atoms with Crippen LogP contribution in [0.3, 0.4) is 0 Å². The molecule has 0 heterocycles. The molecule has 0 aromatic carbocycles. The van der Waals surface area contributed by atoms with E-state index in [2.05, 4.69) is 38.2 Å². The summed E-state index contributed by atoms with van der Waals surface area (Å²) in [5, 5.41) is 23.8. The normalized spacial score (nSPS) is 13.2. The van der Waals surface area contributed by atoms with E-state index in [4.69, 9.17) is 4.74 Å². The fourth-order valence-electron chi connectivity index (χ4n) is 8.47. The highest BCUT2D eigenvalue weighted by Crippen LogP contribution is 2.18. The molecule has 3 atom stereocenters. The highest BCUT2D eigenvalue weighted by molar-refractivity contribution is 5.77. The minimum absolute atomic E-state index is 0.0733. The zero-order valence-electron chi connectivity index (χ0n) is 40.6. The maximum atomic E-state index is 13.2. The summed E-state index contributed by atoms with van der Waals surface area (Å²) < 4.78 is 5.92. The van der Waals surface area contributed by atoms with Gasteiger partial charge in [0.2, 0.25) is 5.91 Å². The van der Waals surface area contributed by atoms with Crippen LogP contribution in [0.4, 0.5) is 0 Å². The molecule has 3 N–H and O–H groups in total. The molecule has 0 saturated heterocycles. The third-order valence-electron chi connectivity index (χ3n) is 12.6. The maximum absolute atomic E-state index is 13.2. The monoisotopic (exact) mass is 848 g/mol. The van der Waals surface area contributed by atoms with Gasteiger partial charge in [0.05, 0.1) is 25.2 Å². The Morgan fingerprint density at radius 3 is 1.23 bits per heavy atom. The molecule has 6 heteroatoms. The molecule has 6 nitrogen and oxygen atoms in total. The number of hydrogen-bond donors (Lipinski definition) is 3. The number of allylic oxidation sites excluding steroid dienone is 2. The molecule has 1 amide bonds. The fourth-order valence-corrected chi connectivity index (χ4v) is 8.47. The Hall–Kier alpha value is -1.40. The van der Waals surface area contributed by atoms with Crippen molar-refractivity contribution in [1.29, 1.82) is 0 Å². The number of nitrogens with one attached hydrogen (secondary N) is 1. The summed E-state index contributed by atoms with van der Waals surface area (Å²) in [5.41, 5.74) is 0. The average Bonchev–Trinajstić information content (AvgIpc) is 3.24. The standard InChI is InChI=1S/C54H105NO5/c1-4-7-10-13-16-19-21-23-25-27-29-31-34-37-40-43-46-52(57)51(49-56)55-53(58)48-50(45-42-39-36-33-18-15-12-9-6-3)60-54(59)47-44-41-38-35-32-30-28-26-24-22-20-17-14-11-8-5-2/h15,18,50-52,56-57H,4-14,16-17,19-49H2,1-3H3,(H,55,58)/b18-15-. The van der Waals surface area contributed by atoms with Gasteiger partial charge < -0.3 is 20.3 Å². The number of esters is 1. The highest BCUT2D eigenvalue weighted by Gasteiger charge is 2.24. The van der Waals surface area contributed by atoms with Gasteiger partial charge in [0, 0.05) is 6.42 Å². The van der Waals surface area contributed by atoms with E-state index in [1.807, 2.05) is 0 Å². The van der Waals surface area contributed by atoms with Crippen molar-refractivity contribution < 1.29 is 24.5 Å². The Morgan fingerprint density at radius 2 is 0.817 bits per heavy atom. The van der Waals surface area contributed by atoms with E-state index in [-0.39, 0.29) is 24.9 Å². The second-order valence-electron chi connectivity index (χ2n) is 18.6. The zero-order valence-corrected chi connectivity index (χ0v) is 40.6. The van der Waals surface area contributed by atoms with E-state index in [1.165, 1.54) is 186 Å². The van der Waals surface area contributed by atoms with Crippen LogP contribution in [0.5, 0.6) is 0 Å². The van der Waals surface area contributed by atoms with Gasteiger partial charge in [-0.2, -0.15) is 0 Å². The third-order valence-corrected chi connectivity index (χ3v) is 12.6. The van der Waals surface area contributed by atoms with E-state index >= 15 is 0 Å². The smallest absolute Gasteiger partial charge is 0.306 e. The summed E-state index contributed by atoms with van der Waals surface area (Å²) in [6.07, 6.45) is 54.3. The molecule has 3 unspecified atom stereocenters. The lowest BCUT2D eigenvalue weighted by atomic mass is 10.0. The van der Waals surface area contributed by atoms with Crippen molar-refractivity contribution in [2.75, 3.05) is 6.61 Å². The van der Waals surface area contributed by atoms with Gasteiger partial charge in [-0.05, 0) is 44.9 Å². The molecule has 0 rings (SSSR count). The van der Waals surface area contributed by atoms with E-state index in [0.717, 1.165) is 64.2 Å². The molecule has 0 radical (unpaired) electrons. The average molecular weight is 848 g/mol. The number of ether oxygens (including phenoxy) is 1. The molecule has 356 valence electrons. The molecular formula is C54H105NO5. The van der Waals surface area contributed by atoms with E-state index in [1.54, 1.807) is 0 Å². The first-order chi connectivity index (χ1) is 29.5. The van der Waals surface area contributed by atoms with Gasteiger partial charge in [0.25, 0.3) is 0 Å². The summed E-state index contributed by atoms with van der Waals surface area (Å²) in [7, 11) is 0. The molecular weight excluding hydrogens is 743 g/mol. The van der Waals surface area contributed by atoms with Crippen molar-refractivity contribution in [1.82, 2.24) is 5.32 Å². The lowest BCUT2D eigenvalue weighted by Gasteiger charge is -2.24. The topological polar surface area (TPSA) is 95.9 Å². The van der Waals surface area contributed by atoms with Crippen LogP contribution in [-0.2, 0) is 14.3 Å². The van der Waals surface area contributed by atoms with E-state index in [9.17, 15) is 19.8 Å². The first-order valence-corrected chi connectivity index (χ1v) is 26.9. The Kier molecular flexibility index (Phi) is 47.5. The van der Waals surface area contributed by atoms with E-state index in [0.29, 0.717) is 19.3 Å². The van der Waals surface area contributed by atoms with Crippen molar-refractivity contribution in [3.8, 4) is 0 Å². The first kappa shape index (κ1) is 58.6. The molecule has 0 fully saturated rings. The highest BCUT2D eigenvalue weighted by atomic mass is 16.5. The van der Waals surface area contributed by atoms with Crippen molar-refractivity contribution >= 4 is 11.9 Å². The van der Waals surface area contributed by atoms with Crippen LogP contribution in [0.25, 0.3) is 0 Å². The SMILES string of the molecule is CCCC/C=C\CCCCCC(CC(=O)NC(CO)C(O)CCCCCCCCCCCCCCCCCC)OC(=O)CCCCCCCCCCCCCCCCCC. The number of hydrogen-bond acceptors (Lipinski definition) is 5. The van der Waals surface area contributed by atoms with Crippen LogP contribution in [-0.4, -0.2) is 46.9 Å². The van der Waals surface area contributed by atoms with E-state index < -0.39 is 18.2 Å². The number of aliphatic hydroxyl groups excluding tert-OH is 2. The number of aliphatic hydroxyl groups is 2. The van der Waals surface area contributed by atoms with Crippen LogP contribution < -0.4 is 5.32 Å². The van der Waals surface area contributed by atoms with Crippen LogP contribution in [0.15, 0.2) is 12.2 Å². The number of amides is 1. The molecule has 0 aliphatic carbocycles. The van der Waals surface area contributed by atoms with Gasteiger partial charge in [-0.25, -0.2) is 0 Å². The lowest BCUT2D eigenvalue weighted by molar-refractivity contribution is -0.151. The summed E-state index contributed by atoms with van der Waals surface area (Å²) >= 11 is 0. The van der Waals surface area contributed by atoms with Crippen LogP contribution in [0.2, 0.25) is 0 Å². The lowest BCUT2D eigenvalue weighted by Crippen LogP contribution is -2.46. The third kappa shape index (κ3) is 43.3. The predicted molar refractivity (Wildman–Crippen MR) is 260 cm³/mol. The van der Waals surface area contributed by atoms with Crippen molar-refractivity contribution in [3.05, 3.63) is 12.2 Å². The van der Waals surface area contributed by atoms with Crippen molar-refractivity contribution in [2.45, 2.75) is 315 Å². The molecule has 0 bridgehead atoms. The molecule has 0 aliphatic heterocycles. The van der Waals surface area contributed by atoms with Crippen molar-refractivity contribution in [3.63, 3.8) is 0 Å². The summed E-state index contributed by atoms with van der Waals surface area (Å²) in [5.74, 6) is -0.474. The van der Waals surface area contributed by atoms with Gasteiger partial charge >= 0.3 is 5.97 Å². The largest absolute Gasteiger partial charge is 0.462 e. The van der Waals surface area contributed by atoms with Crippen LogP contribution in [0.1, 0.15) is 297 Å². The molecule has 60 heavy (non-hydrogen) atoms. The summed E-state index contributed by atoms with van der Waals surface area (Å²) in [6, 6.07) is -0.699. The van der Waals surface area contributed by atoms with Crippen molar-refractivity contribution in [2.24, 2.45) is 0 Å². The first-order valence-electron chi connectivity index (χ1n) is 26.9. The minimum Gasteiger partial charge on any atom is -0.462 e. The zero-order chi connectivity index (χ0) is 43.8. The fraction of sp³-hybridized carbons (Fsp3) is 0.926. The van der Waals surface area contributed by atoms with Crippen LogP contribution >= 0.6 is 0 Å². The van der Waals surface area contributed by atoms with Gasteiger partial charge in [0.1, 0.15) is 6.10 Å². The Labute approximate surface area is 374 Å². The second-order valence-corrected chi connectivity index (χ2v) is 18.6. The van der Waals surface area contributed by atoms with Gasteiger partial charge in [0.15, 0.2) is 0 Å². The number of carbonyl (C=O) groups is 2. The Morgan fingerprint density at radius 1 is 0.467 bits per heavy atom. The molecule has 0 saturated carbocycles. The van der Waals surface area contributed by atoms with Gasteiger partial charge in [-0.1, -0.05) is 251 Å².